The van der Waals surface area contributed by atoms with E-state index >= 15 is 0 Å². The Balaban J connectivity index is 1.95. The number of Topliss-reactive ketones (excluding diaryl/α,β-unsaturated/α-hetero) is 1. The van der Waals surface area contributed by atoms with Crippen LogP contribution in [-0.2, 0) is 24.5 Å². The molecule has 178 valence electrons. The van der Waals surface area contributed by atoms with Crippen LogP contribution in [0.2, 0.25) is 0 Å². The summed E-state index contributed by atoms with van der Waals surface area (Å²) in [4.78, 5) is 43.1. The number of ether oxygens (including phenoxy) is 2. The van der Waals surface area contributed by atoms with E-state index in [1.165, 1.54) is 12.0 Å². The van der Waals surface area contributed by atoms with E-state index in [0.717, 1.165) is 16.7 Å². The Hall–Kier alpha value is -3.93. The third kappa shape index (κ3) is 2.80. The fourth-order valence-electron chi connectivity index (χ4n) is 6.39. The molecule has 6 rings (SSSR count). The van der Waals surface area contributed by atoms with Crippen molar-refractivity contribution >= 4 is 23.4 Å². The Bertz CT molecular complexity index is 1280. The highest BCUT2D eigenvalue weighted by atomic mass is 16.6. The van der Waals surface area contributed by atoms with Gasteiger partial charge in [-0.2, -0.15) is 0 Å². The molecule has 2 aromatic rings. The number of amides is 1. The second-order valence-electron chi connectivity index (χ2n) is 8.97. The summed E-state index contributed by atoms with van der Waals surface area (Å²) >= 11 is 0. The maximum atomic E-state index is 14.4. The van der Waals surface area contributed by atoms with E-state index in [4.69, 9.17) is 9.47 Å². The van der Waals surface area contributed by atoms with Gasteiger partial charge >= 0.3 is 12.1 Å². The molecule has 0 radical (unpaired) electrons. The van der Waals surface area contributed by atoms with Gasteiger partial charge in [0.15, 0.2) is 11.2 Å². The first-order chi connectivity index (χ1) is 17.0. The maximum Gasteiger partial charge on any atom is 0.414 e. The number of hydrogen-bond donors (Lipinski definition) is 0. The normalized spacial score (nSPS) is 28.7. The summed E-state index contributed by atoms with van der Waals surface area (Å²) in [5.74, 6) is -1.54. The number of esters is 1. The Morgan fingerprint density at radius 3 is 2.26 bits per heavy atom. The van der Waals surface area contributed by atoms with Crippen LogP contribution in [0.15, 0.2) is 90.7 Å². The summed E-state index contributed by atoms with van der Waals surface area (Å²) < 4.78 is 10.8. The smallest absolute Gasteiger partial charge is 0.414 e. The van der Waals surface area contributed by atoms with E-state index in [-0.39, 0.29) is 12.4 Å². The molecule has 2 aliphatic heterocycles. The van der Waals surface area contributed by atoms with Crippen molar-refractivity contribution in [2.24, 2.45) is 11.3 Å². The lowest BCUT2D eigenvalue weighted by Crippen LogP contribution is -2.65. The van der Waals surface area contributed by atoms with Crippen LogP contribution >= 0.6 is 0 Å². The van der Waals surface area contributed by atoms with Crippen molar-refractivity contribution in [1.29, 1.82) is 0 Å². The van der Waals surface area contributed by atoms with Crippen molar-refractivity contribution in [3.8, 4) is 0 Å². The number of benzene rings is 2. The van der Waals surface area contributed by atoms with Crippen LogP contribution in [-0.4, -0.2) is 42.5 Å². The molecular weight excluding hydrogens is 442 g/mol. The molecule has 35 heavy (non-hydrogen) atoms. The van der Waals surface area contributed by atoms with Gasteiger partial charge in [-0.25, -0.2) is 4.79 Å². The number of methoxy groups -OCH3 is 1. The van der Waals surface area contributed by atoms with E-state index in [1.807, 2.05) is 72.8 Å². The molecule has 2 aromatic carbocycles. The first-order valence-electron chi connectivity index (χ1n) is 11.7. The Kier molecular flexibility index (Phi) is 5.47. The number of carbonyl (C=O) groups excluding carboxylic acids is 3. The summed E-state index contributed by atoms with van der Waals surface area (Å²) in [6.07, 6.45) is 6.61. The summed E-state index contributed by atoms with van der Waals surface area (Å²) in [6, 6.07) is 18.4. The number of fused-ring (bicyclic) bond motifs is 1. The molecule has 0 saturated carbocycles. The number of nitrogens with zero attached hydrogens (tertiary/aromatic N) is 1. The predicted molar refractivity (Wildman–Crippen MR) is 131 cm³/mol. The van der Waals surface area contributed by atoms with Crippen LogP contribution < -0.4 is 0 Å². The highest BCUT2D eigenvalue weighted by molar-refractivity contribution is 6.24. The number of carbonyl (C=O) groups is 3. The Labute approximate surface area is 204 Å². The third-order valence-corrected chi connectivity index (χ3v) is 7.57. The zero-order valence-corrected chi connectivity index (χ0v) is 19.9. The fraction of sp³-hybridized carbons (Fsp3) is 0.276. The second-order valence-corrected chi connectivity index (χ2v) is 8.97. The fourth-order valence-corrected chi connectivity index (χ4v) is 6.39. The van der Waals surface area contributed by atoms with Gasteiger partial charge in [0.25, 0.3) is 0 Å². The quantitative estimate of drug-likeness (QED) is 0.369. The summed E-state index contributed by atoms with van der Waals surface area (Å²) in [7, 11) is 1.31. The largest absolute Gasteiger partial charge is 0.468 e. The molecule has 4 aliphatic rings. The minimum atomic E-state index is -1.63. The van der Waals surface area contributed by atoms with Crippen molar-refractivity contribution in [2.75, 3.05) is 13.7 Å². The molecule has 6 nitrogen and oxygen atoms in total. The average molecular weight is 470 g/mol. The van der Waals surface area contributed by atoms with E-state index in [2.05, 4.69) is 0 Å². The number of hydrogen-bond acceptors (Lipinski definition) is 5. The van der Waals surface area contributed by atoms with Gasteiger partial charge in [0.1, 0.15) is 0 Å². The molecule has 1 amide bonds. The molecule has 0 N–H and O–H groups in total. The third-order valence-electron chi connectivity index (χ3n) is 7.57. The predicted octanol–water partition coefficient (Wildman–Crippen LogP) is 4.68. The highest BCUT2D eigenvalue weighted by Gasteiger charge is 2.76. The molecule has 0 unspecified atom stereocenters. The van der Waals surface area contributed by atoms with Crippen LogP contribution in [0.3, 0.4) is 0 Å². The Morgan fingerprint density at radius 2 is 1.63 bits per heavy atom. The van der Waals surface area contributed by atoms with Gasteiger partial charge in [0, 0.05) is 12.1 Å². The molecule has 6 heteroatoms. The van der Waals surface area contributed by atoms with Crippen molar-refractivity contribution in [3.05, 3.63) is 102 Å². The minimum absolute atomic E-state index is 0.197. The van der Waals surface area contributed by atoms with Crippen molar-refractivity contribution in [3.63, 3.8) is 0 Å². The molecule has 0 aromatic heterocycles. The van der Waals surface area contributed by atoms with Crippen molar-refractivity contribution in [2.45, 2.75) is 25.3 Å². The number of rotatable bonds is 4. The van der Waals surface area contributed by atoms with Crippen LogP contribution in [0.4, 0.5) is 4.79 Å². The lowest BCUT2D eigenvalue weighted by atomic mass is 9.48. The molecule has 4 atom stereocenters. The monoisotopic (exact) mass is 469 g/mol. The summed E-state index contributed by atoms with van der Waals surface area (Å²) in [5.41, 5.74) is -0.0976. The molecular formula is C29H27NO5. The van der Waals surface area contributed by atoms with Gasteiger partial charge < -0.3 is 9.47 Å². The molecule has 0 spiro atoms. The van der Waals surface area contributed by atoms with Gasteiger partial charge in [-0.05, 0) is 36.1 Å². The number of allylic oxidation sites excluding steroid dienone is 3. The van der Waals surface area contributed by atoms with Gasteiger partial charge in [-0.1, -0.05) is 78.9 Å². The number of ketones is 1. The zero-order valence-electron chi connectivity index (χ0n) is 19.9. The van der Waals surface area contributed by atoms with Crippen molar-refractivity contribution in [1.82, 2.24) is 4.90 Å². The van der Waals surface area contributed by atoms with Gasteiger partial charge in [0.05, 0.1) is 25.2 Å². The molecule has 0 saturated heterocycles. The zero-order chi connectivity index (χ0) is 24.8. The molecule has 2 aliphatic carbocycles. The average Bonchev–Trinajstić information content (AvgIpc) is 3.05. The minimum Gasteiger partial charge on any atom is -0.468 e. The second kappa shape index (κ2) is 8.38. The first kappa shape index (κ1) is 22.8. The van der Waals surface area contributed by atoms with Crippen LogP contribution in [0.25, 0.3) is 5.57 Å². The van der Waals surface area contributed by atoms with E-state index < -0.39 is 34.9 Å². The Morgan fingerprint density at radius 1 is 0.971 bits per heavy atom. The SMILES string of the molecule is CCOC(=O)N1C=C[C@H]2C=C[C@@H]1[C@]1(c3ccccc3)C(c3ccccc3)=C(C)C(=O)[C@]21C(=O)OC. The van der Waals surface area contributed by atoms with Crippen LogP contribution in [0, 0.1) is 11.3 Å². The maximum absolute atomic E-state index is 14.4. The van der Waals surface area contributed by atoms with Gasteiger partial charge in [0.2, 0.25) is 0 Å². The first-order valence-corrected chi connectivity index (χ1v) is 11.7. The summed E-state index contributed by atoms with van der Waals surface area (Å²) in [5, 5.41) is 0. The summed E-state index contributed by atoms with van der Waals surface area (Å²) in [6.45, 7) is 3.71. The van der Waals surface area contributed by atoms with Crippen LogP contribution in [0.1, 0.15) is 25.0 Å². The van der Waals surface area contributed by atoms with E-state index in [0.29, 0.717) is 5.57 Å². The van der Waals surface area contributed by atoms with E-state index in [9.17, 15) is 14.4 Å². The molecule has 2 bridgehead atoms. The van der Waals surface area contributed by atoms with E-state index in [1.54, 1.807) is 26.1 Å². The highest BCUT2D eigenvalue weighted by Crippen LogP contribution is 2.67. The van der Waals surface area contributed by atoms with Crippen LogP contribution in [0.5, 0.6) is 0 Å². The van der Waals surface area contributed by atoms with Crippen molar-refractivity contribution < 1.29 is 23.9 Å². The van der Waals surface area contributed by atoms with Gasteiger partial charge in [-0.15, -0.1) is 0 Å². The lowest BCUT2D eigenvalue weighted by Gasteiger charge is -2.53. The molecule has 2 heterocycles. The molecule has 0 fully saturated rings. The van der Waals surface area contributed by atoms with Gasteiger partial charge in [-0.3, -0.25) is 14.5 Å². The topological polar surface area (TPSA) is 72.9 Å². The lowest BCUT2D eigenvalue weighted by molar-refractivity contribution is -0.163. The standard InChI is InChI=1S/C29H27NO5/c1-4-35-27(33)30-18-17-22-15-16-23(30)28(21-13-9-6-10-14-21)24(20-11-7-5-8-12-20)19(2)25(31)29(22,28)26(32)34-3/h5-18,22-23H,4H2,1-3H3/t22-,23-,28-,29+/m1/s1.